The van der Waals surface area contributed by atoms with Gasteiger partial charge in [-0.25, -0.2) is 4.79 Å². The minimum Gasteiger partial charge on any atom is -0.463 e. The summed E-state index contributed by atoms with van der Waals surface area (Å²) in [4.78, 5) is 22.0. The van der Waals surface area contributed by atoms with E-state index in [1.54, 1.807) is 42.0 Å². The molecule has 0 atom stereocenters. The fourth-order valence-corrected chi connectivity index (χ4v) is 2.11. The first-order chi connectivity index (χ1) is 10.5. The Morgan fingerprint density at radius 3 is 2.91 bits per heavy atom. The van der Waals surface area contributed by atoms with Crippen molar-refractivity contribution < 1.29 is 14.5 Å². The van der Waals surface area contributed by atoms with Gasteiger partial charge in [0.15, 0.2) is 0 Å². The predicted octanol–water partition coefficient (Wildman–Crippen LogP) is 3.62. The highest BCUT2D eigenvalue weighted by Gasteiger charge is 2.16. The average Bonchev–Trinajstić information content (AvgIpc) is 2.93. The molecule has 114 valence electrons. The summed E-state index contributed by atoms with van der Waals surface area (Å²) in [5, 5.41) is 11.5. The van der Waals surface area contributed by atoms with Crippen molar-refractivity contribution in [3.05, 3.63) is 63.4 Å². The van der Waals surface area contributed by atoms with E-state index < -0.39 is 10.9 Å². The second kappa shape index (κ2) is 6.91. The highest BCUT2D eigenvalue weighted by Crippen LogP contribution is 2.28. The number of ether oxygens (including phenoxy) is 1. The zero-order valence-electron chi connectivity index (χ0n) is 11.7. The lowest BCUT2D eigenvalue weighted by Crippen LogP contribution is -2.02. The number of esters is 1. The first kappa shape index (κ1) is 15.8. The number of nitro groups is 1. The summed E-state index contributed by atoms with van der Waals surface area (Å²) in [5.41, 5.74) is 0.857. The van der Waals surface area contributed by atoms with E-state index in [4.69, 9.17) is 16.3 Å². The van der Waals surface area contributed by atoms with E-state index in [2.05, 4.69) is 0 Å². The molecule has 1 heterocycles. The highest BCUT2D eigenvalue weighted by atomic mass is 35.5. The van der Waals surface area contributed by atoms with E-state index in [9.17, 15) is 14.9 Å². The largest absolute Gasteiger partial charge is 0.463 e. The van der Waals surface area contributed by atoms with E-state index in [0.29, 0.717) is 11.4 Å². The minimum atomic E-state index is -0.500. The van der Waals surface area contributed by atoms with Crippen LogP contribution >= 0.6 is 11.6 Å². The van der Waals surface area contributed by atoms with Crippen LogP contribution in [0.5, 0.6) is 0 Å². The standard InChI is InChI=1S/C15H13ClN2O4/c1-2-22-15(19)8-6-12-4-3-9-17(12)13-7-5-11(16)10-14(13)18(20)21/h3-10H,2H2,1H3/b8-6+. The molecular weight excluding hydrogens is 308 g/mol. The van der Waals surface area contributed by atoms with E-state index in [0.717, 1.165) is 0 Å². The van der Waals surface area contributed by atoms with Crippen LogP contribution < -0.4 is 0 Å². The second-order valence-corrected chi connectivity index (χ2v) is 4.72. The smallest absolute Gasteiger partial charge is 0.330 e. The number of nitro benzene ring substituents is 1. The van der Waals surface area contributed by atoms with Crippen LogP contribution in [0.1, 0.15) is 12.6 Å². The summed E-state index contributed by atoms with van der Waals surface area (Å²) < 4.78 is 6.40. The van der Waals surface area contributed by atoms with Gasteiger partial charge in [0.1, 0.15) is 5.69 Å². The molecular formula is C15H13ClN2O4. The van der Waals surface area contributed by atoms with E-state index in [1.165, 1.54) is 18.2 Å². The molecule has 0 aliphatic rings. The maximum atomic E-state index is 11.4. The number of benzene rings is 1. The number of nitrogens with zero attached hydrogens (tertiary/aromatic N) is 2. The van der Waals surface area contributed by atoms with Crippen molar-refractivity contribution in [3.63, 3.8) is 0 Å². The zero-order chi connectivity index (χ0) is 16.1. The molecule has 6 nitrogen and oxygen atoms in total. The van der Waals surface area contributed by atoms with Crippen molar-refractivity contribution in [2.24, 2.45) is 0 Å². The van der Waals surface area contributed by atoms with Crippen LogP contribution in [-0.4, -0.2) is 22.1 Å². The molecule has 7 heteroatoms. The molecule has 22 heavy (non-hydrogen) atoms. The number of hydrogen-bond donors (Lipinski definition) is 0. The van der Waals surface area contributed by atoms with Gasteiger partial charge in [0.2, 0.25) is 0 Å². The van der Waals surface area contributed by atoms with Gasteiger partial charge in [-0.3, -0.25) is 10.1 Å². The summed E-state index contributed by atoms with van der Waals surface area (Å²) in [6.07, 6.45) is 4.48. The van der Waals surface area contributed by atoms with Crippen molar-refractivity contribution in [2.45, 2.75) is 6.92 Å². The van der Waals surface area contributed by atoms with Crippen LogP contribution in [0.2, 0.25) is 5.02 Å². The first-order valence-corrected chi connectivity index (χ1v) is 6.87. The Morgan fingerprint density at radius 1 is 1.45 bits per heavy atom. The molecule has 0 fully saturated rings. The van der Waals surface area contributed by atoms with Crippen LogP contribution in [0.15, 0.2) is 42.6 Å². The summed E-state index contributed by atoms with van der Waals surface area (Å²) in [7, 11) is 0. The number of hydrogen-bond acceptors (Lipinski definition) is 4. The molecule has 0 amide bonds. The lowest BCUT2D eigenvalue weighted by Gasteiger charge is -2.07. The molecule has 0 N–H and O–H groups in total. The third-order valence-corrected chi connectivity index (χ3v) is 3.09. The molecule has 0 saturated heterocycles. The van der Waals surface area contributed by atoms with Crippen molar-refractivity contribution in [1.82, 2.24) is 4.57 Å². The van der Waals surface area contributed by atoms with Crippen LogP contribution in [-0.2, 0) is 9.53 Å². The van der Waals surface area contributed by atoms with E-state index >= 15 is 0 Å². The van der Waals surface area contributed by atoms with Crippen LogP contribution in [0.3, 0.4) is 0 Å². The Kier molecular flexibility index (Phi) is 4.95. The van der Waals surface area contributed by atoms with Gasteiger partial charge in [-0.1, -0.05) is 11.6 Å². The number of rotatable bonds is 5. The third kappa shape index (κ3) is 3.53. The maximum absolute atomic E-state index is 11.4. The quantitative estimate of drug-likeness (QED) is 0.365. The lowest BCUT2D eigenvalue weighted by molar-refractivity contribution is -0.384. The van der Waals surface area contributed by atoms with Crippen molar-refractivity contribution in [3.8, 4) is 5.69 Å². The van der Waals surface area contributed by atoms with E-state index in [1.807, 2.05) is 0 Å². The molecule has 0 aliphatic heterocycles. The Balaban J connectivity index is 2.42. The summed E-state index contributed by atoms with van der Waals surface area (Å²) in [6.45, 7) is 2.00. The molecule has 0 radical (unpaired) electrons. The molecule has 2 aromatic rings. The second-order valence-electron chi connectivity index (χ2n) is 4.28. The topological polar surface area (TPSA) is 74.4 Å². The van der Waals surface area contributed by atoms with Crippen LogP contribution in [0, 0.1) is 10.1 Å². The van der Waals surface area contributed by atoms with Gasteiger partial charge in [-0.05, 0) is 37.3 Å². The Hall–Kier alpha value is -2.60. The van der Waals surface area contributed by atoms with Crippen molar-refractivity contribution >= 4 is 29.3 Å². The Bertz CT molecular complexity index is 737. The van der Waals surface area contributed by atoms with Gasteiger partial charge < -0.3 is 9.30 Å². The van der Waals surface area contributed by atoms with Gasteiger partial charge >= 0.3 is 5.97 Å². The average molecular weight is 321 g/mol. The van der Waals surface area contributed by atoms with Gasteiger partial charge in [-0.2, -0.15) is 0 Å². The fourth-order valence-electron chi connectivity index (χ4n) is 1.94. The summed E-state index contributed by atoms with van der Waals surface area (Å²) in [5.74, 6) is -0.471. The number of carbonyl (C=O) groups is 1. The predicted molar refractivity (Wildman–Crippen MR) is 83.1 cm³/mol. The van der Waals surface area contributed by atoms with Crippen molar-refractivity contribution in [2.75, 3.05) is 6.61 Å². The normalized spacial score (nSPS) is 10.8. The molecule has 0 unspecified atom stereocenters. The fraction of sp³-hybridized carbons (Fsp3) is 0.133. The number of aromatic nitrogens is 1. The molecule has 0 aliphatic carbocycles. The molecule has 1 aromatic heterocycles. The number of carbonyl (C=O) groups excluding carboxylic acids is 1. The van der Waals surface area contributed by atoms with Crippen LogP contribution in [0.25, 0.3) is 11.8 Å². The SMILES string of the molecule is CCOC(=O)/C=C/c1cccn1-c1ccc(Cl)cc1[N+](=O)[O-]. The van der Waals surface area contributed by atoms with E-state index in [-0.39, 0.29) is 17.3 Å². The van der Waals surface area contributed by atoms with Gasteiger partial charge in [-0.15, -0.1) is 0 Å². The Morgan fingerprint density at radius 2 is 2.23 bits per heavy atom. The maximum Gasteiger partial charge on any atom is 0.330 e. The van der Waals surface area contributed by atoms with Crippen molar-refractivity contribution in [1.29, 1.82) is 0 Å². The molecule has 2 rings (SSSR count). The van der Waals surface area contributed by atoms with Gasteiger partial charge in [0.25, 0.3) is 5.69 Å². The first-order valence-electron chi connectivity index (χ1n) is 6.49. The Labute approximate surface area is 131 Å². The third-order valence-electron chi connectivity index (χ3n) is 2.85. The van der Waals surface area contributed by atoms with Gasteiger partial charge in [0.05, 0.1) is 11.5 Å². The number of halogens is 1. The highest BCUT2D eigenvalue weighted by molar-refractivity contribution is 6.30. The van der Waals surface area contributed by atoms with Gasteiger partial charge in [0, 0.05) is 29.1 Å². The minimum absolute atomic E-state index is 0.116. The lowest BCUT2D eigenvalue weighted by atomic mass is 10.2. The summed E-state index contributed by atoms with van der Waals surface area (Å²) in [6, 6.07) is 7.87. The van der Waals surface area contributed by atoms with Crippen LogP contribution in [0.4, 0.5) is 5.69 Å². The monoisotopic (exact) mass is 320 g/mol. The molecule has 0 spiro atoms. The zero-order valence-corrected chi connectivity index (χ0v) is 12.5. The summed E-state index contributed by atoms with van der Waals surface area (Å²) >= 11 is 5.81. The molecule has 0 bridgehead atoms. The molecule has 1 aromatic carbocycles. The molecule has 0 saturated carbocycles.